The van der Waals surface area contributed by atoms with Gasteiger partial charge in [0.2, 0.25) is 0 Å². The van der Waals surface area contributed by atoms with E-state index in [0.717, 1.165) is 15.4 Å². The average molecular weight is 438 g/mol. The van der Waals surface area contributed by atoms with Gasteiger partial charge < -0.3 is 4.74 Å². The van der Waals surface area contributed by atoms with Crippen LogP contribution >= 0.6 is 0 Å². The fourth-order valence-corrected chi connectivity index (χ4v) is 4.25. The quantitative estimate of drug-likeness (QED) is 0.432. The van der Waals surface area contributed by atoms with Gasteiger partial charge in [-0.2, -0.15) is 5.10 Å². The van der Waals surface area contributed by atoms with Crippen molar-refractivity contribution in [2.75, 3.05) is 18.0 Å². The summed E-state index contributed by atoms with van der Waals surface area (Å²) >= 11 is 0. The fourth-order valence-electron chi connectivity index (χ4n) is 2.81. The second kappa shape index (κ2) is 9.90. The Balaban J connectivity index is 1.80. The molecule has 0 fully saturated rings. The Morgan fingerprint density at radius 2 is 1.74 bits per heavy atom. The first-order chi connectivity index (χ1) is 14.9. The van der Waals surface area contributed by atoms with Crippen LogP contribution in [0.15, 0.2) is 88.9 Å². The standard InChI is InChI=1S/C23H23N3O4S/c1-18-11-13-20(14-12-18)26(31(28,29)22-9-4-3-5-10-22)17-23(27)25-24-16-19-7-6-8-21(15-19)30-2/h3-16H,17H2,1-2H3,(H,25,27). The molecule has 0 atom stereocenters. The summed E-state index contributed by atoms with van der Waals surface area (Å²) in [6.45, 7) is 1.48. The smallest absolute Gasteiger partial charge is 0.264 e. The first-order valence-corrected chi connectivity index (χ1v) is 10.9. The number of anilines is 1. The van der Waals surface area contributed by atoms with Gasteiger partial charge in [-0.3, -0.25) is 9.10 Å². The molecule has 8 heteroatoms. The van der Waals surface area contributed by atoms with E-state index in [1.807, 2.05) is 6.92 Å². The number of aryl methyl sites for hydroxylation is 1. The van der Waals surface area contributed by atoms with E-state index in [1.54, 1.807) is 73.8 Å². The van der Waals surface area contributed by atoms with E-state index in [0.29, 0.717) is 11.4 Å². The molecule has 0 aliphatic heterocycles. The molecule has 0 saturated carbocycles. The Labute approximate surface area is 182 Å². The van der Waals surface area contributed by atoms with Crippen LogP contribution in [0.2, 0.25) is 0 Å². The van der Waals surface area contributed by atoms with Gasteiger partial charge in [0.05, 0.1) is 23.9 Å². The third kappa shape index (κ3) is 5.70. The molecule has 7 nitrogen and oxygen atoms in total. The van der Waals surface area contributed by atoms with Gasteiger partial charge in [-0.1, -0.05) is 48.0 Å². The Morgan fingerprint density at radius 3 is 2.42 bits per heavy atom. The molecule has 160 valence electrons. The van der Waals surface area contributed by atoms with Gasteiger partial charge in [-0.25, -0.2) is 13.8 Å². The third-order valence-corrected chi connectivity index (χ3v) is 6.23. The van der Waals surface area contributed by atoms with E-state index < -0.39 is 22.5 Å². The number of carbonyl (C=O) groups is 1. The number of methoxy groups -OCH3 is 1. The molecule has 0 bridgehead atoms. The summed E-state index contributed by atoms with van der Waals surface area (Å²) in [5.41, 5.74) is 4.49. The van der Waals surface area contributed by atoms with E-state index in [9.17, 15) is 13.2 Å². The highest BCUT2D eigenvalue weighted by molar-refractivity contribution is 7.92. The van der Waals surface area contributed by atoms with Gasteiger partial charge >= 0.3 is 0 Å². The van der Waals surface area contributed by atoms with Gasteiger partial charge in [0.15, 0.2) is 0 Å². The number of ether oxygens (including phenoxy) is 1. The number of nitrogens with one attached hydrogen (secondary N) is 1. The number of rotatable bonds is 8. The van der Waals surface area contributed by atoms with Gasteiger partial charge in [0.1, 0.15) is 12.3 Å². The van der Waals surface area contributed by atoms with Crippen LogP contribution < -0.4 is 14.5 Å². The molecule has 0 aliphatic carbocycles. The molecule has 0 heterocycles. The van der Waals surface area contributed by atoms with E-state index in [-0.39, 0.29) is 4.90 Å². The topological polar surface area (TPSA) is 88.1 Å². The second-order valence-corrected chi connectivity index (χ2v) is 8.59. The Bertz CT molecular complexity index is 1160. The van der Waals surface area contributed by atoms with Crippen molar-refractivity contribution >= 4 is 27.8 Å². The van der Waals surface area contributed by atoms with E-state index >= 15 is 0 Å². The lowest BCUT2D eigenvalue weighted by Crippen LogP contribution is -2.39. The lowest BCUT2D eigenvalue weighted by Gasteiger charge is -2.23. The molecule has 1 N–H and O–H groups in total. The molecule has 3 aromatic rings. The van der Waals surface area contributed by atoms with E-state index in [1.165, 1.54) is 18.3 Å². The number of carbonyl (C=O) groups excluding carboxylic acids is 1. The number of hydrogen-bond donors (Lipinski definition) is 1. The van der Waals surface area contributed by atoms with Crippen LogP contribution in [0.5, 0.6) is 5.75 Å². The molecule has 31 heavy (non-hydrogen) atoms. The minimum absolute atomic E-state index is 0.100. The first-order valence-electron chi connectivity index (χ1n) is 9.50. The van der Waals surface area contributed by atoms with Crippen LogP contribution in [0.4, 0.5) is 5.69 Å². The molecule has 0 saturated heterocycles. The summed E-state index contributed by atoms with van der Waals surface area (Å²) in [5.74, 6) is 0.0917. The van der Waals surface area contributed by atoms with Crippen molar-refractivity contribution in [3.63, 3.8) is 0 Å². The SMILES string of the molecule is COc1cccc(C=NNC(=O)CN(c2ccc(C)cc2)S(=O)(=O)c2ccccc2)c1. The maximum absolute atomic E-state index is 13.2. The van der Waals surface area contributed by atoms with Crippen LogP contribution in [-0.2, 0) is 14.8 Å². The van der Waals surface area contributed by atoms with Crippen LogP contribution in [0, 0.1) is 6.92 Å². The third-order valence-electron chi connectivity index (χ3n) is 4.44. The van der Waals surface area contributed by atoms with Crippen LogP contribution in [-0.4, -0.2) is 34.2 Å². The van der Waals surface area contributed by atoms with Gasteiger partial charge in [-0.15, -0.1) is 0 Å². The van der Waals surface area contributed by atoms with E-state index in [4.69, 9.17) is 4.74 Å². The minimum Gasteiger partial charge on any atom is -0.497 e. The monoisotopic (exact) mass is 437 g/mol. The van der Waals surface area contributed by atoms with Gasteiger partial charge in [0, 0.05) is 0 Å². The first kappa shape index (κ1) is 22.0. The number of amides is 1. The summed E-state index contributed by atoms with van der Waals surface area (Å²) in [4.78, 5) is 12.6. The molecule has 0 spiro atoms. The minimum atomic E-state index is -3.94. The molecule has 0 radical (unpaired) electrons. The predicted octanol–water partition coefficient (Wildman–Crippen LogP) is 3.35. The van der Waals surface area contributed by atoms with Crippen molar-refractivity contribution in [1.29, 1.82) is 0 Å². The number of hydrogen-bond acceptors (Lipinski definition) is 5. The molecule has 3 rings (SSSR count). The Hall–Kier alpha value is -3.65. The molecular formula is C23H23N3O4S. The molecular weight excluding hydrogens is 414 g/mol. The number of hydrazone groups is 1. The summed E-state index contributed by atoms with van der Waals surface area (Å²) < 4.78 is 32.6. The normalized spacial score (nSPS) is 11.3. The van der Waals surface area contributed by atoms with Crippen molar-refractivity contribution in [3.8, 4) is 5.75 Å². The summed E-state index contributed by atoms with van der Waals surface area (Å²) in [6, 6.07) is 22.1. The maximum atomic E-state index is 13.2. The highest BCUT2D eigenvalue weighted by atomic mass is 32.2. The zero-order chi connectivity index (χ0) is 22.3. The van der Waals surface area contributed by atoms with Crippen LogP contribution in [0.25, 0.3) is 0 Å². The van der Waals surface area contributed by atoms with Crippen molar-refractivity contribution in [2.24, 2.45) is 5.10 Å². The number of sulfonamides is 1. The number of nitrogens with zero attached hydrogens (tertiary/aromatic N) is 2. The van der Waals surface area contributed by atoms with Gasteiger partial charge in [0.25, 0.3) is 15.9 Å². The lowest BCUT2D eigenvalue weighted by atomic mass is 10.2. The molecule has 0 aromatic heterocycles. The molecule has 0 aliphatic rings. The highest BCUT2D eigenvalue weighted by Gasteiger charge is 2.26. The second-order valence-electron chi connectivity index (χ2n) is 6.73. The maximum Gasteiger partial charge on any atom is 0.264 e. The average Bonchev–Trinajstić information content (AvgIpc) is 2.79. The van der Waals surface area contributed by atoms with E-state index in [2.05, 4.69) is 10.5 Å². The fraction of sp³-hybridized carbons (Fsp3) is 0.130. The zero-order valence-electron chi connectivity index (χ0n) is 17.2. The zero-order valence-corrected chi connectivity index (χ0v) is 18.0. The van der Waals surface area contributed by atoms with Crippen molar-refractivity contribution in [1.82, 2.24) is 5.43 Å². The lowest BCUT2D eigenvalue weighted by molar-refractivity contribution is -0.119. The van der Waals surface area contributed by atoms with Crippen molar-refractivity contribution in [3.05, 3.63) is 90.0 Å². The van der Waals surface area contributed by atoms with Crippen molar-refractivity contribution < 1.29 is 17.9 Å². The molecule has 1 amide bonds. The number of benzene rings is 3. The largest absolute Gasteiger partial charge is 0.497 e. The summed E-state index contributed by atoms with van der Waals surface area (Å²) in [5, 5.41) is 3.93. The van der Waals surface area contributed by atoms with Crippen LogP contribution in [0.1, 0.15) is 11.1 Å². The Kier molecular flexibility index (Phi) is 7.04. The van der Waals surface area contributed by atoms with Gasteiger partial charge in [-0.05, 0) is 48.9 Å². The molecule has 0 unspecified atom stereocenters. The summed E-state index contributed by atoms with van der Waals surface area (Å²) in [7, 11) is -2.38. The molecule has 3 aromatic carbocycles. The van der Waals surface area contributed by atoms with Crippen LogP contribution in [0.3, 0.4) is 0 Å². The van der Waals surface area contributed by atoms with Crippen molar-refractivity contribution in [2.45, 2.75) is 11.8 Å². The Morgan fingerprint density at radius 1 is 1.03 bits per heavy atom. The highest BCUT2D eigenvalue weighted by Crippen LogP contribution is 2.23. The summed E-state index contributed by atoms with van der Waals surface area (Å²) in [6.07, 6.45) is 1.46. The predicted molar refractivity (Wildman–Crippen MR) is 121 cm³/mol.